The molecule has 20 heavy (non-hydrogen) atoms. The topological polar surface area (TPSA) is 50.2 Å². The smallest absolute Gasteiger partial charge is 0.287 e. The van der Waals surface area contributed by atoms with Crippen molar-refractivity contribution in [2.45, 2.75) is 33.7 Å². The molecule has 0 aliphatic heterocycles. The van der Waals surface area contributed by atoms with Gasteiger partial charge in [0.25, 0.3) is 5.56 Å². The van der Waals surface area contributed by atoms with Gasteiger partial charge in [0.05, 0.1) is 11.9 Å². The number of nitrogens with zero attached hydrogens (tertiary/aromatic N) is 3. The Balaban J connectivity index is 2.79. The monoisotopic (exact) mass is 300 g/mol. The summed E-state index contributed by atoms with van der Waals surface area (Å²) in [6.45, 7) is 8.59. The third kappa shape index (κ3) is 4.80. The first-order chi connectivity index (χ1) is 9.26. The van der Waals surface area contributed by atoms with Gasteiger partial charge in [-0.1, -0.05) is 32.4 Å². The molecule has 0 unspecified atom stereocenters. The molecule has 6 heteroatoms. The molecular weight excluding hydrogens is 276 g/mol. The summed E-state index contributed by atoms with van der Waals surface area (Å²) in [5.41, 5.74) is 0.449. The first-order valence-corrected chi connectivity index (χ1v) is 7.29. The van der Waals surface area contributed by atoms with Gasteiger partial charge in [-0.3, -0.25) is 4.79 Å². The van der Waals surface area contributed by atoms with Gasteiger partial charge in [0.2, 0.25) is 0 Å². The fourth-order valence-electron chi connectivity index (χ4n) is 2.21. The fraction of sp³-hybridized carbons (Fsp3) is 0.714. The molecule has 0 fully saturated rings. The van der Waals surface area contributed by atoms with Crippen molar-refractivity contribution in [1.82, 2.24) is 14.7 Å². The van der Waals surface area contributed by atoms with Gasteiger partial charge in [-0.25, -0.2) is 4.68 Å². The van der Waals surface area contributed by atoms with Crippen molar-refractivity contribution in [3.63, 3.8) is 0 Å². The van der Waals surface area contributed by atoms with Crippen LogP contribution in [0.3, 0.4) is 0 Å². The molecule has 0 saturated carbocycles. The number of anilines is 1. The maximum Gasteiger partial charge on any atom is 0.287 e. The van der Waals surface area contributed by atoms with Crippen molar-refractivity contribution in [3.05, 3.63) is 21.6 Å². The van der Waals surface area contributed by atoms with Gasteiger partial charge in [0, 0.05) is 19.6 Å². The van der Waals surface area contributed by atoms with Crippen LogP contribution in [0.5, 0.6) is 0 Å². The summed E-state index contributed by atoms with van der Waals surface area (Å²) in [4.78, 5) is 14.1. The van der Waals surface area contributed by atoms with E-state index in [1.165, 1.54) is 4.68 Å². The molecule has 0 atom stereocenters. The minimum Gasteiger partial charge on any atom is -0.382 e. The summed E-state index contributed by atoms with van der Waals surface area (Å²) in [5, 5.41) is 7.59. The third-order valence-corrected chi connectivity index (χ3v) is 3.29. The van der Waals surface area contributed by atoms with E-state index in [4.69, 9.17) is 11.6 Å². The van der Waals surface area contributed by atoms with Gasteiger partial charge in [-0.15, -0.1) is 0 Å². The Hall–Kier alpha value is -1.07. The second-order valence-corrected chi connectivity index (χ2v) is 6.53. The second kappa shape index (κ2) is 7.09. The molecule has 0 aromatic carbocycles. The SMILES string of the molecule is CCCn1ncc(NCC(C)(C)CN(C)C)c(Cl)c1=O. The molecule has 1 aromatic heterocycles. The standard InChI is InChI=1S/C14H25ClN4O/c1-6-7-19-13(20)12(15)11(8-17-19)16-9-14(2,3)10-18(4)5/h8,16H,6-7,9-10H2,1-5H3. The van der Waals surface area contributed by atoms with E-state index < -0.39 is 0 Å². The molecule has 0 saturated heterocycles. The van der Waals surface area contributed by atoms with Crippen LogP contribution in [0, 0.1) is 5.41 Å². The second-order valence-electron chi connectivity index (χ2n) is 6.16. The first-order valence-electron chi connectivity index (χ1n) is 6.91. The molecule has 0 spiro atoms. The van der Waals surface area contributed by atoms with Crippen molar-refractivity contribution >= 4 is 17.3 Å². The lowest BCUT2D eigenvalue weighted by Crippen LogP contribution is -2.35. The number of nitrogens with one attached hydrogen (secondary N) is 1. The Labute approximate surface area is 125 Å². The molecule has 0 aliphatic carbocycles. The highest BCUT2D eigenvalue weighted by molar-refractivity contribution is 6.32. The molecular formula is C14H25ClN4O. The molecule has 1 heterocycles. The van der Waals surface area contributed by atoms with E-state index in [1.54, 1.807) is 6.20 Å². The summed E-state index contributed by atoms with van der Waals surface area (Å²) in [6.07, 6.45) is 2.48. The van der Waals surface area contributed by atoms with Crippen molar-refractivity contribution in [3.8, 4) is 0 Å². The average Bonchev–Trinajstić information content (AvgIpc) is 2.33. The van der Waals surface area contributed by atoms with Crippen LogP contribution in [0.15, 0.2) is 11.0 Å². The van der Waals surface area contributed by atoms with Crippen molar-refractivity contribution in [1.29, 1.82) is 0 Å². The summed E-state index contributed by atoms with van der Waals surface area (Å²) in [7, 11) is 4.09. The molecule has 114 valence electrons. The molecule has 0 radical (unpaired) electrons. The minimum atomic E-state index is -0.232. The Morgan fingerprint density at radius 3 is 2.65 bits per heavy atom. The highest BCUT2D eigenvalue weighted by Crippen LogP contribution is 2.20. The largest absolute Gasteiger partial charge is 0.382 e. The van der Waals surface area contributed by atoms with Crippen LogP contribution in [-0.2, 0) is 6.54 Å². The number of rotatable bonds is 7. The van der Waals surface area contributed by atoms with Crippen LogP contribution < -0.4 is 10.9 Å². The van der Waals surface area contributed by atoms with Gasteiger partial charge in [0.1, 0.15) is 5.02 Å². The zero-order valence-corrected chi connectivity index (χ0v) is 13.8. The van der Waals surface area contributed by atoms with Gasteiger partial charge in [0.15, 0.2) is 0 Å². The maximum atomic E-state index is 12.0. The lowest BCUT2D eigenvalue weighted by molar-refractivity contribution is 0.254. The summed E-state index contributed by atoms with van der Waals surface area (Å²) < 4.78 is 1.40. The van der Waals surface area contributed by atoms with Crippen molar-refractivity contribution in [2.24, 2.45) is 5.41 Å². The van der Waals surface area contributed by atoms with E-state index in [-0.39, 0.29) is 16.0 Å². The molecule has 1 aromatic rings. The van der Waals surface area contributed by atoms with Crippen LogP contribution in [0.1, 0.15) is 27.2 Å². The summed E-state index contributed by atoms with van der Waals surface area (Å²) in [5.74, 6) is 0. The molecule has 0 bridgehead atoms. The summed E-state index contributed by atoms with van der Waals surface area (Å²) in [6, 6.07) is 0. The highest BCUT2D eigenvalue weighted by Gasteiger charge is 2.19. The predicted molar refractivity (Wildman–Crippen MR) is 84.6 cm³/mol. The number of hydrogen-bond donors (Lipinski definition) is 1. The van der Waals surface area contributed by atoms with E-state index in [2.05, 4.69) is 29.2 Å². The average molecular weight is 301 g/mol. The normalized spacial score (nSPS) is 11.9. The van der Waals surface area contributed by atoms with E-state index in [0.717, 1.165) is 19.5 Å². The zero-order chi connectivity index (χ0) is 15.3. The molecule has 5 nitrogen and oxygen atoms in total. The Kier molecular flexibility index (Phi) is 6.02. The van der Waals surface area contributed by atoms with E-state index in [0.29, 0.717) is 12.2 Å². The van der Waals surface area contributed by atoms with Crippen LogP contribution in [0.4, 0.5) is 5.69 Å². The number of hydrogen-bond acceptors (Lipinski definition) is 4. The van der Waals surface area contributed by atoms with Crippen LogP contribution in [0.2, 0.25) is 5.02 Å². The van der Waals surface area contributed by atoms with Gasteiger partial charge < -0.3 is 10.2 Å². The van der Waals surface area contributed by atoms with E-state index >= 15 is 0 Å². The van der Waals surface area contributed by atoms with Gasteiger partial charge in [-0.2, -0.15) is 5.10 Å². The zero-order valence-electron chi connectivity index (χ0n) is 13.0. The quantitative estimate of drug-likeness (QED) is 0.839. The van der Waals surface area contributed by atoms with Crippen LogP contribution in [-0.4, -0.2) is 41.9 Å². The van der Waals surface area contributed by atoms with E-state index in [9.17, 15) is 4.79 Å². The Bertz CT molecular complexity index is 496. The lowest BCUT2D eigenvalue weighted by Gasteiger charge is -2.29. The number of aryl methyl sites for hydroxylation is 1. The lowest BCUT2D eigenvalue weighted by atomic mass is 9.93. The highest BCUT2D eigenvalue weighted by atomic mass is 35.5. The molecule has 1 N–H and O–H groups in total. The molecule has 0 aliphatic rings. The van der Waals surface area contributed by atoms with E-state index in [1.807, 2.05) is 21.0 Å². The van der Waals surface area contributed by atoms with Crippen LogP contribution in [0.25, 0.3) is 0 Å². The number of aromatic nitrogens is 2. The van der Waals surface area contributed by atoms with Crippen molar-refractivity contribution < 1.29 is 0 Å². The fourth-order valence-corrected chi connectivity index (χ4v) is 2.42. The molecule has 1 rings (SSSR count). The Morgan fingerprint density at radius 2 is 2.10 bits per heavy atom. The van der Waals surface area contributed by atoms with Crippen LogP contribution >= 0.6 is 11.6 Å². The van der Waals surface area contributed by atoms with Gasteiger partial charge in [-0.05, 0) is 25.9 Å². The Morgan fingerprint density at radius 1 is 1.45 bits per heavy atom. The minimum absolute atomic E-state index is 0.0745. The first kappa shape index (κ1) is 17.0. The predicted octanol–water partition coefficient (Wildman–Crippen LogP) is 2.31. The third-order valence-electron chi connectivity index (χ3n) is 2.92. The molecule has 0 amide bonds. The number of halogens is 1. The van der Waals surface area contributed by atoms with Gasteiger partial charge >= 0.3 is 0 Å². The van der Waals surface area contributed by atoms with Crippen molar-refractivity contribution in [2.75, 3.05) is 32.5 Å². The summed E-state index contributed by atoms with van der Waals surface area (Å²) >= 11 is 6.12. The maximum absolute atomic E-state index is 12.0.